The highest BCUT2D eigenvalue weighted by atomic mass is 32.1. The van der Waals surface area contributed by atoms with Gasteiger partial charge < -0.3 is 0 Å². The Morgan fingerprint density at radius 3 is 2.14 bits per heavy atom. The van der Waals surface area contributed by atoms with Crippen LogP contribution in [0.25, 0.3) is 21.6 Å². The average Bonchev–Trinajstić information content (AvgIpc) is 2.90. The van der Waals surface area contributed by atoms with Crippen molar-refractivity contribution in [3.63, 3.8) is 0 Å². The summed E-state index contributed by atoms with van der Waals surface area (Å²) in [5.74, 6) is -0.988. The third-order valence-corrected chi connectivity index (χ3v) is 4.83. The van der Waals surface area contributed by atoms with E-state index in [0.717, 1.165) is 16.0 Å². The molecule has 3 aromatic rings. The largest absolute Gasteiger partial charge is 0.206 e. The van der Waals surface area contributed by atoms with Crippen LogP contribution >= 0.6 is 11.3 Å². The molecule has 0 fully saturated rings. The van der Waals surface area contributed by atoms with E-state index in [1.54, 1.807) is 13.0 Å². The predicted octanol–water partition coefficient (Wildman–Crippen LogP) is 6.29. The van der Waals surface area contributed by atoms with E-state index in [9.17, 15) is 8.78 Å². The number of hydrogen-bond acceptors (Lipinski definition) is 1. The molecular weight excluding hydrogens is 298 g/mol. The van der Waals surface area contributed by atoms with Crippen LogP contribution in [0.4, 0.5) is 8.78 Å². The first-order valence-electron chi connectivity index (χ1n) is 7.10. The molecule has 3 rings (SSSR count). The highest BCUT2D eigenvalue weighted by Gasteiger charge is 2.19. The van der Waals surface area contributed by atoms with Crippen molar-refractivity contribution in [3.8, 4) is 21.6 Å². The SMILES string of the molecule is Cc1ccc(-c2cc(F)c(-c3ccc(C)s3)c(F)c2C)cc1. The normalized spacial score (nSPS) is 11.0. The zero-order chi connectivity index (χ0) is 15.9. The van der Waals surface area contributed by atoms with Gasteiger partial charge in [0.1, 0.15) is 11.6 Å². The topological polar surface area (TPSA) is 0 Å². The van der Waals surface area contributed by atoms with Crippen LogP contribution in [0.2, 0.25) is 0 Å². The Hall–Kier alpha value is -2.00. The third kappa shape index (κ3) is 2.57. The summed E-state index contributed by atoms with van der Waals surface area (Å²) in [5.41, 5.74) is 3.10. The maximum Gasteiger partial charge on any atom is 0.138 e. The predicted molar refractivity (Wildman–Crippen MR) is 89.3 cm³/mol. The Kier molecular flexibility index (Phi) is 3.83. The smallest absolute Gasteiger partial charge is 0.138 e. The van der Waals surface area contributed by atoms with Crippen LogP contribution in [0.5, 0.6) is 0 Å². The first kappa shape index (κ1) is 14.9. The van der Waals surface area contributed by atoms with Crippen molar-refractivity contribution < 1.29 is 8.78 Å². The van der Waals surface area contributed by atoms with Crippen molar-refractivity contribution >= 4 is 11.3 Å². The molecule has 0 N–H and O–H groups in total. The molecule has 0 unspecified atom stereocenters. The van der Waals surface area contributed by atoms with Gasteiger partial charge in [0.05, 0.1) is 5.56 Å². The van der Waals surface area contributed by atoms with Crippen molar-refractivity contribution in [1.82, 2.24) is 0 Å². The van der Waals surface area contributed by atoms with E-state index < -0.39 is 11.6 Å². The Balaban J connectivity index is 2.18. The lowest BCUT2D eigenvalue weighted by Gasteiger charge is -2.12. The van der Waals surface area contributed by atoms with E-state index >= 15 is 0 Å². The molecule has 0 amide bonds. The van der Waals surface area contributed by atoms with Gasteiger partial charge in [0.25, 0.3) is 0 Å². The fourth-order valence-corrected chi connectivity index (χ4v) is 3.45. The average molecular weight is 314 g/mol. The highest BCUT2D eigenvalue weighted by Crippen LogP contribution is 2.37. The second-order valence-corrected chi connectivity index (χ2v) is 6.78. The Morgan fingerprint density at radius 1 is 0.864 bits per heavy atom. The molecule has 2 aromatic carbocycles. The molecule has 0 aliphatic rings. The molecule has 0 saturated heterocycles. The summed E-state index contributed by atoms with van der Waals surface area (Å²) < 4.78 is 29.3. The van der Waals surface area contributed by atoms with Crippen LogP contribution in [-0.2, 0) is 0 Å². The van der Waals surface area contributed by atoms with Crippen LogP contribution in [-0.4, -0.2) is 0 Å². The molecule has 1 aromatic heterocycles. The van der Waals surface area contributed by atoms with E-state index in [0.29, 0.717) is 16.0 Å². The van der Waals surface area contributed by atoms with Gasteiger partial charge >= 0.3 is 0 Å². The Labute approximate surface area is 133 Å². The number of halogens is 2. The number of thiophene rings is 1. The highest BCUT2D eigenvalue weighted by molar-refractivity contribution is 7.15. The molecule has 0 nitrogen and oxygen atoms in total. The fraction of sp³-hybridized carbons (Fsp3) is 0.158. The molecule has 0 radical (unpaired) electrons. The van der Waals surface area contributed by atoms with Crippen molar-refractivity contribution in [3.05, 3.63) is 70.1 Å². The minimum Gasteiger partial charge on any atom is -0.206 e. The van der Waals surface area contributed by atoms with Gasteiger partial charge in [-0.05, 0) is 55.7 Å². The molecule has 0 spiro atoms. The summed E-state index contributed by atoms with van der Waals surface area (Å²) >= 11 is 1.40. The molecule has 3 heteroatoms. The van der Waals surface area contributed by atoms with Gasteiger partial charge in [-0.3, -0.25) is 0 Å². The van der Waals surface area contributed by atoms with Crippen LogP contribution in [0, 0.1) is 32.4 Å². The zero-order valence-corrected chi connectivity index (χ0v) is 13.5. The minimum absolute atomic E-state index is 0.0754. The number of rotatable bonds is 2. The molecule has 1 heterocycles. The lowest BCUT2D eigenvalue weighted by Crippen LogP contribution is -1.96. The maximum atomic E-state index is 14.7. The summed E-state index contributed by atoms with van der Waals surface area (Å²) in [5, 5.41) is 0. The molecule has 22 heavy (non-hydrogen) atoms. The molecule has 0 aliphatic heterocycles. The first-order valence-corrected chi connectivity index (χ1v) is 7.91. The molecule has 0 atom stereocenters. The van der Waals surface area contributed by atoms with E-state index in [2.05, 4.69) is 0 Å². The molecular formula is C19H16F2S. The minimum atomic E-state index is -0.513. The van der Waals surface area contributed by atoms with Crippen molar-refractivity contribution in [1.29, 1.82) is 0 Å². The van der Waals surface area contributed by atoms with E-state index in [1.165, 1.54) is 17.4 Å². The Morgan fingerprint density at radius 2 is 1.55 bits per heavy atom. The summed E-state index contributed by atoms with van der Waals surface area (Å²) in [6, 6.07) is 12.8. The third-order valence-electron chi connectivity index (χ3n) is 3.81. The monoisotopic (exact) mass is 314 g/mol. The lowest BCUT2D eigenvalue weighted by molar-refractivity contribution is 0.585. The van der Waals surface area contributed by atoms with Crippen molar-refractivity contribution in [2.45, 2.75) is 20.8 Å². The fourth-order valence-electron chi connectivity index (χ4n) is 2.55. The summed E-state index contributed by atoms with van der Waals surface area (Å²) in [6.07, 6.45) is 0. The van der Waals surface area contributed by atoms with Gasteiger partial charge in [-0.25, -0.2) is 8.78 Å². The number of hydrogen-bond donors (Lipinski definition) is 0. The van der Waals surface area contributed by atoms with Gasteiger partial charge in [0.2, 0.25) is 0 Å². The van der Waals surface area contributed by atoms with Gasteiger partial charge in [0.15, 0.2) is 0 Å². The second kappa shape index (κ2) is 5.65. The molecule has 112 valence electrons. The van der Waals surface area contributed by atoms with Gasteiger partial charge in [0, 0.05) is 9.75 Å². The van der Waals surface area contributed by atoms with Crippen LogP contribution < -0.4 is 0 Å². The summed E-state index contributed by atoms with van der Waals surface area (Å²) in [7, 11) is 0. The molecule has 0 aliphatic carbocycles. The number of benzene rings is 2. The summed E-state index contributed by atoms with van der Waals surface area (Å²) in [6.45, 7) is 5.62. The second-order valence-electron chi connectivity index (χ2n) is 5.50. The van der Waals surface area contributed by atoms with Crippen molar-refractivity contribution in [2.24, 2.45) is 0 Å². The van der Waals surface area contributed by atoms with Crippen LogP contribution in [0.15, 0.2) is 42.5 Å². The maximum absolute atomic E-state index is 14.7. The van der Waals surface area contributed by atoms with Crippen LogP contribution in [0.3, 0.4) is 0 Å². The standard InChI is InChI=1S/C19H16F2S/c1-11-4-7-14(8-5-11)15-10-16(20)18(19(21)13(15)3)17-9-6-12(2)22-17/h4-10H,1-3H3. The van der Waals surface area contributed by atoms with Gasteiger partial charge in [-0.15, -0.1) is 11.3 Å². The number of aryl methyl sites for hydroxylation is 2. The quantitative estimate of drug-likeness (QED) is 0.522. The molecule has 0 saturated carbocycles. The first-order chi connectivity index (χ1) is 10.5. The Bertz CT molecular complexity index is 829. The van der Waals surface area contributed by atoms with Crippen molar-refractivity contribution in [2.75, 3.05) is 0 Å². The van der Waals surface area contributed by atoms with E-state index in [1.807, 2.05) is 44.2 Å². The van der Waals surface area contributed by atoms with Gasteiger partial charge in [-0.2, -0.15) is 0 Å². The van der Waals surface area contributed by atoms with E-state index in [-0.39, 0.29) is 5.56 Å². The van der Waals surface area contributed by atoms with E-state index in [4.69, 9.17) is 0 Å². The van der Waals surface area contributed by atoms with Gasteiger partial charge in [-0.1, -0.05) is 29.8 Å². The van der Waals surface area contributed by atoms with Crippen LogP contribution in [0.1, 0.15) is 16.0 Å². The summed E-state index contributed by atoms with van der Waals surface area (Å²) in [4.78, 5) is 1.67. The zero-order valence-electron chi connectivity index (χ0n) is 12.7. The molecule has 0 bridgehead atoms. The lowest BCUT2D eigenvalue weighted by atomic mass is 9.96.